The quantitative estimate of drug-likeness (QED) is 0.673. The molecule has 9 heteroatoms. The van der Waals surface area contributed by atoms with Crippen LogP contribution in [0.5, 0.6) is 0 Å². The van der Waals surface area contributed by atoms with Gasteiger partial charge in [-0.2, -0.15) is 0 Å². The van der Waals surface area contributed by atoms with Crippen LogP contribution in [0.4, 0.5) is 5.69 Å². The van der Waals surface area contributed by atoms with E-state index in [2.05, 4.69) is 5.32 Å². The fourth-order valence-electron chi connectivity index (χ4n) is 2.44. The second-order valence-electron chi connectivity index (χ2n) is 6.42. The minimum atomic E-state index is -3.77. The van der Waals surface area contributed by atoms with E-state index in [9.17, 15) is 18.0 Å². The molecule has 0 spiro atoms. The summed E-state index contributed by atoms with van der Waals surface area (Å²) in [5.74, 6) is -1.07. The third-order valence-electron chi connectivity index (χ3n) is 4.02. The molecule has 150 valence electrons. The molecule has 0 aromatic heterocycles. The number of hydrogen-bond acceptors (Lipinski definition) is 6. The van der Waals surface area contributed by atoms with Crippen LogP contribution in [0.2, 0.25) is 0 Å². The lowest BCUT2D eigenvalue weighted by Gasteiger charge is -2.15. The molecule has 0 aliphatic carbocycles. The lowest BCUT2D eigenvalue weighted by molar-refractivity contribution is -0.124. The predicted molar refractivity (Wildman–Crippen MR) is 105 cm³/mol. The number of carbonyl (C=O) groups is 2. The monoisotopic (exact) mass is 405 g/mol. The van der Waals surface area contributed by atoms with Crippen molar-refractivity contribution >= 4 is 27.6 Å². The minimum Gasteiger partial charge on any atom is -0.452 e. The Bertz CT molecular complexity index is 956. The van der Waals surface area contributed by atoms with Gasteiger partial charge in [0.15, 0.2) is 6.61 Å². The number of hydrogen-bond donors (Lipinski definition) is 2. The van der Waals surface area contributed by atoms with E-state index in [1.165, 1.54) is 12.1 Å². The number of nitrogens with one attached hydrogen (secondary N) is 1. The maximum Gasteiger partial charge on any atom is 0.338 e. The maximum absolute atomic E-state index is 12.1. The number of nitrogens with two attached hydrogens (primary N) is 1. The molecular weight excluding hydrogens is 382 g/mol. The Morgan fingerprint density at radius 1 is 1.14 bits per heavy atom. The van der Waals surface area contributed by atoms with Crippen LogP contribution in [0.15, 0.2) is 53.4 Å². The number of rotatable bonds is 7. The van der Waals surface area contributed by atoms with Crippen LogP contribution in [0.1, 0.15) is 28.9 Å². The van der Waals surface area contributed by atoms with Crippen molar-refractivity contribution in [3.05, 3.63) is 59.7 Å². The van der Waals surface area contributed by atoms with Gasteiger partial charge in [0.1, 0.15) is 0 Å². The third-order valence-corrected chi connectivity index (χ3v) is 4.95. The zero-order chi connectivity index (χ0) is 20.9. The van der Waals surface area contributed by atoms with Gasteiger partial charge in [0, 0.05) is 19.8 Å². The van der Waals surface area contributed by atoms with Crippen molar-refractivity contribution in [2.24, 2.45) is 5.14 Å². The first-order valence-electron chi connectivity index (χ1n) is 8.44. The van der Waals surface area contributed by atoms with E-state index in [1.807, 2.05) is 25.1 Å². The molecule has 8 nitrogen and oxygen atoms in total. The van der Waals surface area contributed by atoms with Crippen LogP contribution in [-0.4, -0.2) is 41.0 Å². The molecule has 1 atom stereocenters. The zero-order valence-electron chi connectivity index (χ0n) is 15.9. The van der Waals surface area contributed by atoms with E-state index in [4.69, 9.17) is 9.88 Å². The van der Waals surface area contributed by atoms with Crippen LogP contribution >= 0.6 is 0 Å². The van der Waals surface area contributed by atoms with Gasteiger partial charge < -0.3 is 15.0 Å². The van der Waals surface area contributed by atoms with E-state index in [-0.39, 0.29) is 4.90 Å². The Kier molecular flexibility index (Phi) is 6.76. The first kappa shape index (κ1) is 21.4. The Morgan fingerprint density at radius 3 is 2.36 bits per heavy atom. The number of primary sulfonamides is 1. The molecule has 1 amide bonds. The standard InChI is InChI=1S/C19H23N3O5S/c1-13(14-7-9-17(10-8-14)28(20,25)26)21-18(23)12-27-19(24)15-5-4-6-16(11-15)22(2)3/h4-11,13H,12H2,1-3H3,(H,21,23)(H2,20,25,26)/t13-/m0/s1. The summed E-state index contributed by atoms with van der Waals surface area (Å²) in [7, 11) is -0.0574. The summed E-state index contributed by atoms with van der Waals surface area (Å²) >= 11 is 0. The second-order valence-corrected chi connectivity index (χ2v) is 7.99. The molecule has 28 heavy (non-hydrogen) atoms. The maximum atomic E-state index is 12.1. The number of nitrogens with zero attached hydrogens (tertiary/aromatic N) is 1. The highest BCUT2D eigenvalue weighted by Gasteiger charge is 2.15. The zero-order valence-corrected chi connectivity index (χ0v) is 16.7. The first-order valence-corrected chi connectivity index (χ1v) is 9.99. The Balaban J connectivity index is 1.91. The number of benzene rings is 2. The van der Waals surface area contributed by atoms with Gasteiger partial charge in [-0.25, -0.2) is 18.4 Å². The third kappa shape index (κ3) is 5.80. The van der Waals surface area contributed by atoms with Crippen LogP contribution < -0.4 is 15.4 Å². The van der Waals surface area contributed by atoms with Gasteiger partial charge in [-0.15, -0.1) is 0 Å². The van der Waals surface area contributed by atoms with Crippen molar-refractivity contribution in [3.8, 4) is 0 Å². The summed E-state index contributed by atoms with van der Waals surface area (Å²) in [5, 5.41) is 7.74. The number of carbonyl (C=O) groups excluding carboxylic acids is 2. The minimum absolute atomic E-state index is 0.0105. The Labute approximate surface area is 164 Å². The number of esters is 1. The smallest absolute Gasteiger partial charge is 0.338 e. The molecular formula is C19H23N3O5S. The normalized spacial score (nSPS) is 12.1. The summed E-state index contributed by atoms with van der Waals surface area (Å²) in [6, 6.07) is 12.3. The van der Waals surface area contributed by atoms with Gasteiger partial charge in [0.05, 0.1) is 16.5 Å². The van der Waals surface area contributed by atoms with Gasteiger partial charge in [0.25, 0.3) is 5.91 Å². The van der Waals surface area contributed by atoms with Crippen molar-refractivity contribution < 1.29 is 22.7 Å². The average Bonchev–Trinajstić information content (AvgIpc) is 2.65. The van der Waals surface area contributed by atoms with Gasteiger partial charge in [-0.1, -0.05) is 18.2 Å². The van der Waals surface area contributed by atoms with Gasteiger partial charge >= 0.3 is 5.97 Å². The molecule has 0 unspecified atom stereocenters. The number of amides is 1. The molecule has 0 aliphatic heterocycles. The average molecular weight is 405 g/mol. The van der Waals surface area contributed by atoms with E-state index in [0.29, 0.717) is 11.1 Å². The molecule has 0 saturated heterocycles. The second kappa shape index (κ2) is 8.85. The number of sulfonamides is 1. The van der Waals surface area contributed by atoms with Crippen LogP contribution in [0, 0.1) is 0 Å². The summed E-state index contributed by atoms with van der Waals surface area (Å²) in [6.45, 7) is 1.30. The number of ether oxygens (including phenoxy) is 1. The Hall–Kier alpha value is -2.91. The van der Waals surface area contributed by atoms with Gasteiger partial charge in [0.2, 0.25) is 10.0 Å². The molecule has 2 aromatic rings. The largest absolute Gasteiger partial charge is 0.452 e. The van der Waals surface area contributed by atoms with E-state index in [0.717, 1.165) is 5.69 Å². The van der Waals surface area contributed by atoms with Gasteiger partial charge in [-0.3, -0.25) is 4.79 Å². The van der Waals surface area contributed by atoms with Crippen molar-refractivity contribution in [2.45, 2.75) is 17.9 Å². The topological polar surface area (TPSA) is 119 Å². The van der Waals surface area contributed by atoms with E-state index < -0.39 is 34.5 Å². The molecule has 0 radical (unpaired) electrons. The molecule has 0 saturated carbocycles. The molecule has 0 aliphatic rings. The van der Waals surface area contributed by atoms with Crippen molar-refractivity contribution in [1.82, 2.24) is 5.32 Å². The van der Waals surface area contributed by atoms with E-state index >= 15 is 0 Å². The lowest BCUT2D eigenvalue weighted by atomic mass is 10.1. The SMILES string of the molecule is C[C@H](NC(=O)COC(=O)c1cccc(N(C)C)c1)c1ccc(S(N)(=O)=O)cc1. The molecule has 0 fully saturated rings. The fourth-order valence-corrected chi connectivity index (χ4v) is 2.95. The molecule has 0 heterocycles. The summed E-state index contributed by atoms with van der Waals surface area (Å²) in [4.78, 5) is 26.0. The Morgan fingerprint density at radius 2 is 1.79 bits per heavy atom. The van der Waals surface area contributed by atoms with Crippen molar-refractivity contribution in [3.63, 3.8) is 0 Å². The molecule has 2 rings (SSSR count). The van der Waals surface area contributed by atoms with Crippen LogP contribution in [-0.2, 0) is 19.6 Å². The summed E-state index contributed by atoms with van der Waals surface area (Å²) in [5.41, 5.74) is 1.88. The van der Waals surface area contributed by atoms with Gasteiger partial charge in [-0.05, 0) is 42.8 Å². The highest BCUT2D eigenvalue weighted by Crippen LogP contribution is 2.16. The van der Waals surface area contributed by atoms with E-state index in [1.54, 1.807) is 37.3 Å². The molecule has 0 bridgehead atoms. The van der Waals surface area contributed by atoms with Crippen LogP contribution in [0.3, 0.4) is 0 Å². The molecule has 3 N–H and O–H groups in total. The molecule has 2 aromatic carbocycles. The van der Waals surface area contributed by atoms with Crippen LogP contribution in [0.25, 0.3) is 0 Å². The number of anilines is 1. The summed E-state index contributed by atoms with van der Waals surface area (Å²) < 4.78 is 27.6. The van der Waals surface area contributed by atoms with Crippen molar-refractivity contribution in [1.29, 1.82) is 0 Å². The highest BCUT2D eigenvalue weighted by atomic mass is 32.2. The fraction of sp³-hybridized carbons (Fsp3) is 0.263. The lowest BCUT2D eigenvalue weighted by Crippen LogP contribution is -2.31. The first-order chi connectivity index (χ1) is 13.1. The highest BCUT2D eigenvalue weighted by molar-refractivity contribution is 7.89. The van der Waals surface area contributed by atoms with Crippen molar-refractivity contribution in [2.75, 3.05) is 25.6 Å². The predicted octanol–water partition coefficient (Wildman–Crippen LogP) is 1.43. The summed E-state index contributed by atoms with van der Waals surface area (Å²) in [6.07, 6.45) is 0.